The minimum absolute atomic E-state index is 0.131. The lowest BCUT2D eigenvalue weighted by Gasteiger charge is -2.54. The summed E-state index contributed by atoms with van der Waals surface area (Å²) in [7, 11) is 3.66. The second-order valence-corrected chi connectivity index (χ2v) is 9.97. The molecule has 3 heterocycles. The van der Waals surface area contributed by atoms with Crippen LogP contribution in [0.15, 0.2) is 42.6 Å². The third kappa shape index (κ3) is 4.26. The lowest BCUT2D eigenvalue weighted by molar-refractivity contribution is -0.129. The molecule has 6 nitrogen and oxygen atoms in total. The van der Waals surface area contributed by atoms with Gasteiger partial charge in [-0.2, -0.15) is 0 Å². The monoisotopic (exact) mass is 434 g/mol. The third-order valence-corrected chi connectivity index (χ3v) is 7.42. The average Bonchev–Trinajstić information content (AvgIpc) is 2.74. The lowest BCUT2D eigenvalue weighted by atomic mass is 9.63. The van der Waals surface area contributed by atoms with Crippen molar-refractivity contribution < 1.29 is 9.53 Å². The molecule has 2 fully saturated rings. The number of fused-ring (bicyclic) bond motifs is 1. The zero-order valence-electron chi connectivity index (χ0n) is 19.2. The third-order valence-electron chi connectivity index (χ3n) is 7.42. The van der Waals surface area contributed by atoms with Crippen molar-refractivity contribution in [3.63, 3.8) is 0 Å². The summed E-state index contributed by atoms with van der Waals surface area (Å²) in [5.74, 6) is 1.14. The van der Waals surface area contributed by atoms with Crippen molar-refractivity contribution >= 4 is 5.91 Å². The van der Waals surface area contributed by atoms with Crippen LogP contribution in [0.4, 0.5) is 0 Å². The molecule has 0 bridgehead atoms. The van der Waals surface area contributed by atoms with Crippen LogP contribution < -0.4 is 10.1 Å². The molecule has 2 aliphatic heterocycles. The van der Waals surface area contributed by atoms with Crippen molar-refractivity contribution in [1.29, 1.82) is 0 Å². The fraction of sp³-hybridized carbons (Fsp3) is 0.538. The Labute approximate surface area is 191 Å². The lowest BCUT2D eigenvalue weighted by Crippen LogP contribution is -2.62. The van der Waals surface area contributed by atoms with Gasteiger partial charge in [0.25, 0.3) is 0 Å². The number of hydrogen-bond acceptors (Lipinski definition) is 5. The molecule has 1 saturated heterocycles. The number of carbonyl (C=O) groups excluding carboxylic acids is 1. The molecule has 0 radical (unpaired) electrons. The first-order valence-corrected chi connectivity index (χ1v) is 11.9. The molecule has 170 valence electrons. The first-order valence-electron chi connectivity index (χ1n) is 11.9. The van der Waals surface area contributed by atoms with Crippen LogP contribution >= 0.6 is 0 Å². The summed E-state index contributed by atoms with van der Waals surface area (Å²) in [5, 5.41) is 3.40. The summed E-state index contributed by atoms with van der Waals surface area (Å²) >= 11 is 0. The Morgan fingerprint density at radius 3 is 2.69 bits per heavy atom. The molecule has 1 saturated carbocycles. The summed E-state index contributed by atoms with van der Waals surface area (Å²) in [6, 6.07) is 12.8. The molecule has 32 heavy (non-hydrogen) atoms. The average molecular weight is 435 g/mol. The maximum absolute atomic E-state index is 12.4. The highest BCUT2D eigenvalue weighted by Crippen LogP contribution is 2.47. The van der Waals surface area contributed by atoms with E-state index in [0.29, 0.717) is 11.8 Å². The largest absolute Gasteiger partial charge is 0.490 e. The molecule has 1 N–H and O–H groups in total. The minimum atomic E-state index is 0.131. The van der Waals surface area contributed by atoms with Gasteiger partial charge in [0.2, 0.25) is 5.91 Å². The van der Waals surface area contributed by atoms with E-state index in [2.05, 4.69) is 40.5 Å². The highest BCUT2D eigenvalue weighted by Gasteiger charge is 2.50. The van der Waals surface area contributed by atoms with Crippen molar-refractivity contribution in [3.8, 4) is 5.75 Å². The number of nitrogens with one attached hydrogen (secondary N) is 1. The molecule has 1 aliphatic carbocycles. The molecular weight excluding hydrogens is 400 g/mol. The summed E-state index contributed by atoms with van der Waals surface area (Å²) < 4.78 is 6.57. The van der Waals surface area contributed by atoms with Crippen LogP contribution in [0.3, 0.4) is 0 Å². The molecular formula is C26H34N4O2. The first kappa shape index (κ1) is 21.4. The maximum atomic E-state index is 12.4. The number of carbonyl (C=O) groups is 1. The van der Waals surface area contributed by atoms with Crippen LogP contribution in [0.1, 0.15) is 48.5 Å². The topological polar surface area (TPSA) is 57.7 Å². The number of ether oxygens (including phenoxy) is 1. The number of amides is 1. The second kappa shape index (κ2) is 8.83. The van der Waals surface area contributed by atoms with Gasteiger partial charge in [0.05, 0.1) is 11.8 Å². The Kier molecular flexibility index (Phi) is 5.91. The van der Waals surface area contributed by atoms with Gasteiger partial charge in [-0.1, -0.05) is 30.3 Å². The normalized spacial score (nSPS) is 22.0. The SMILES string of the molecule is CN(C)C(=O)CCC1c2c(OC3CC4(CNC4)C3)ccnc2CCN1Cc1ccccc1. The predicted molar refractivity (Wildman–Crippen MR) is 124 cm³/mol. The molecule has 1 spiro atoms. The summed E-state index contributed by atoms with van der Waals surface area (Å²) in [4.78, 5) is 21.4. The summed E-state index contributed by atoms with van der Waals surface area (Å²) in [6.45, 7) is 4.06. The number of aromatic nitrogens is 1. The van der Waals surface area contributed by atoms with Gasteiger partial charge in [-0.15, -0.1) is 0 Å². The van der Waals surface area contributed by atoms with Gasteiger partial charge in [0, 0.05) is 76.3 Å². The van der Waals surface area contributed by atoms with E-state index in [1.807, 2.05) is 26.4 Å². The molecule has 2 aromatic rings. The number of rotatable bonds is 7. The first-order chi connectivity index (χ1) is 15.5. The van der Waals surface area contributed by atoms with E-state index in [1.165, 1.54) is 11.1 Å². The van der Waals surface area contributed by atoms with Crippen LogP contribution in [0.2, 0.25) is 0 Å². The van der Waals surface area contributed by atoms with Gasteiger partial charge >= 0.3 is 0 Å². The van der Waals surface area contributed by atoms with Gasteiger partial charge in [0.15, 0.2) is 0 Å². The van der Waals surface area contributed by atoms with E-state index in [9.17, 15) is 4.79 Å². The molecule has 3 aliphatic rings. The van der Waals surface area contributed by atoms with Crippen LogP contribution in [-0.2, 0) is 17.8 Å². The number of nitrogens with zero attached hydrogens (tertiary/aromatic N) is 3. The van der Waals surface area contributed by atoms with Crippen molar-refractivity contribution in [2.75, 3.05) is 33.7 Å². The molecule has 6 heteroatoms. The van der Waals surface area contributed by atoms with Gasteiger partial charge in [0.1, 0.15) is 5.75 Å². The van der Waals surface area contributed by atoms with E-state index in [0.717, 1.165) is 63.3 Å². The van der Waals surface area contributed by atoms with E-state index in [4.69, 9.17) is 9.72 Å². The number of pyridine rings is 1. The molecule has 1 aromatic heterocycles. The van der Waals surface area contributed by atoms with E-state index in [1.54, 1.807) is 4.90 Å². The Hall–Kier alpha value is -2.44. The maximum Gasteiger partial charge on any atom is 0.222 e. The van der Waals surface area contributed by atoms with Crippen LogP contribution in [0.5, 0.6) is 5.75 Å². The highest BCUT2D eigenvalue weighted by atomic mass is 16.5. The molecule has 1 atom stereocenters. The summed E-state index contributed by atoms with van der Waals surface area (Å²) in [5.41, 5.74) is 4.11. The molecule has 5 rings (SSSR count). The Morgan fingerprint density at radius 2 is 2.00 bits per heavy atom. The smallest absolute Gasteiger partial charge is 0.222 e. The second-order valence-electron chi connectivity index (χ2n) is 9.97. The van der Waals surface area contributed by atoms with Crippen molar-refractivity contribution in [2.45, 2.75) is 50.8 Å². The molecule has 1 amide bonds. The van der Waals surface area contributed by atoms with Crippen LogP contribution in [-0.4, -0.2) is 60.5 Å². The van der Waals surface area contributed by atoms with Crippen molar-refractivity contribution in [3.05, 3.63) is 59.4 Å². The van der Waals surface area contributed by atoms with Crippen LogP contribution in [0, 0.1) is 5.41 Å². The standard InChI is InChI=1S/C26H34N4O2/c1-29(2)24(31)9-8-22-25-21(11-13-30(22)16-19-6-4-3-5-7-19)28-12-10-23(25)32-20-14-26(15-20)17-27-18-26/h3-7,10,12,20,22,27H,8-9,11,13-18H2,1-2H3. The molecule has 1 unspecified atom stereocenters. The molecule has 1 aromatic carbocycles. The van der Waals surface area contributed by atoms with Crippen LogP contribution in [0.25, 0.3) is 0 Å². The Morgan fingerprint density at radius 1 is 1.22 bits per heavy atom. The zero-order chi connectivity index (χ0) is 22.1. The number of benzene rings is 1. The minimum Gasteiger partial charge on any atom is -0.490 e. The quantitative estimate of drug-likeness (QED) is 0.725. The van der Waals surface area contributed by atoms with Gasteiger partial charge in [-0.3, -0.25) is 14.7 Å². The zero-order valence-corrected chi connectivity index (χ0v) is 19.2. The van der Waals surface area contributed by atoms with E-state index in [-0.39, 0.29) is 18.1 Å². The predicted octanol–water partition coefficient (Wildman–Crippen LogP) is 3.18. The Balaban J connectivity index is 1.39. The fourth-order valence-corrected chi connectivity index (χ4v) is 5.50. The Bertz CT molecular complexity index is 950. The van der Waals surface area contributed by atoms with E-state index < -0.39 is 0 Å². The van der Waals surface area contributed by atoms with Gasteiger partial charge in [-0.05, 0) is 30.9 Å². The van der Waals surface area contributed by atoms with Crippen molar-refractivity contribution in [1.82, 2.24) is 20.1 Å². The van der Waals surface area contributed by atoms with Crippen molar-refractivity contribution in [2.24, 2.45) is 5.41 Å². The summed E-state index contributed by atoms with van der Waals surface area (Å²) in [6.07, 6.45) is 6.66. The van der Waals surface area contributed by atoms with E-state index >= 15 is 0 Å². The van der Waals surface area contributed by atoms with Gasteiger partial charge < -0.3 is 15.0 Å². The highest BCUT2D eigenvalue weighted by molar-refractivity contribution is 5.75. The van der Waals surface area contributed by atoms with Gasteiger partial charge in [-0.25, -0.2) is 0 Å². The number of hydrogen-bond donors (Lipinski definition) is 1. The fourth-order valence-electron chi connectivity index (χ4n) is 5.50.